The fraction of sp³-hybridized carbons (Fsp3) is 0.864. The van der Waals surface area contributed by atoms with E-state index >= 15 is 0 Å². The third-order valence-electron chi connectivity index (χ3n) is 7.55. The number of fused-ring (bicyclic) bond motifs is 1. The molecule has 2 heterocycles. The van der Waals surface area contributed by atoms with Crippen LogP contribution in [0, 0.1) is 11.3 Å². The Hall–Kier alpha value is -0.653. The highest BCUT2D eigenvalue weighted by atomic mass is 28.4. The van der Waals surface area contributed by atoms with Crippen molar-refractivity contribution in [2.24, 2.45) is 11.3 Å². The van der Waals surface area contributed by atoms with Crippen LogP contribution in [-0.2, 0) is 14.0 Å². The predicted octanol–water partition coefficient (Wildman–Crippen LogP) is 5.11. The fourth-order valence-electron chi connectivity index (χ4n) is 4.77. The third-order valence-corrected chi connectivity index (χ3v) is 12.1. The Balaban J connectivity index is 1.61. The summed E-state index contributed by atoms with van der Waals surface area (Å²) >= 11 is 0. The fourth-order valence-corrected chi connectivity index (χ4v) is 5.82. The van der Waals surface area contributed by atoms with Gasteiger partial charge >= 0.3 is 0 Å². The molecule has 0 aromatic carbocycles. The number of carbonyl (C=O) groups is 1. The Morgan fingerprint density at radius 2 is 2.04 bits per heavy atom. The van der Waals surface area contributed by atoms with E-state index in [1.54, 1.807) is 0 Å². The quantitative estimate of drug-likeness (QED) is 0.481. The van der Waals surface area contributed by atoms with Crippen molar-refractivity contribution in [2.75, 3.05) is 13.2 Å². The van der Waals surface area contributed by atoms with Crippen molar-refractivity contribution in [3.05, 3.63) is 11.6 Å². The van der Waals surface area contributed by atoms with Crippen molar-refractivity contribution in [3.8, 4) is 0 Å². The molecule has 0 N–H and O–H groups in total. The molecule has 0 aromatic rings. The lowest BCUT2D eigenvalue weighted by molar-refractivity contribution is -0.142. The van der Waals surface area contributed by atoms with Crippen molar-refractivity contribution in [1.29, 1.82) is 0 Å². The van der Waals surface area contributed by atoms with E-state index in [1.165, 1.54) is 5.57 Å². The zero-order chi connectivity index (χ0) is 20.3. The molecule has 0 saturated carbocycles. The molecule has 0 bridgehead atoms. The number of hydrogen-bond donors (Lipinski definition) is 0. The lowest BCUT2D eigenvalue weighted by Gasteiger charge is -2.36. The van der Waals surface area contributed by atoms with Gasteiger partial charge in [-0.05, 0) is 50.2 Å². The molecule has 0 radical (unpaired) electrons. The summed E-state index contributed by atoms with van der Waals surface area (Å²) in [6.07, 6.45) is 5.83. The molecule has 3 atom stereocenters. The third kappa shape index (κ3) is 3.55. The minimum Gasteiger partial charge on any atom is -0.417 e. The second-order valence-electron chi connectivity index (χ2n) is 11.0. The Kier molecular flexibility index (Phi) is 5.23. The number of hydrogen-bond acceptors (Lipinski definition) is 3. The van der Waals surface area contributed by atoms with Crippen molar-refractivity contribution < 1.29 is 14.0 Å². The molecule has 2 saturated heterocycles. The second kappa shape index (κ2) is 6.70. The normalized spacial score (nSPS) is 34.1. The summed E-state index contributed by atoms with van der Waals surface area (Å²) < 4.78 is 12.5. The highest BCUT2D eigenvalue weighted by Crippen LogP contribution is 2.56. The summed E-state index contributed by atoms with van der Waals surface area (Å²) in [4.78, 5) is 15.5. The van der Waals surface area contributed by atoms with E-state index in [0.717, 1.165) is 32.3 Å². The van der Waals surface area contributed by atoms with Gasteiger partial charge in [-0.25, -0.2) is 0 Å². The van der Waals surface area contributed by atoms with Crippen LogP contribution < -0.4 is 0 Å². The van der Waals surface area contributed by atoms with Crippen LogP contribution in [0.3, 0.4) is 0 Å². The topological polar surface area (TPSA) is 38.8 Å². The molecular weight excluding hydrogens is 354 g/mol. The molecule has 1 amide bonds. The average Bonchev–Trinajstić information content (AvgIpc) is 3.13. The van der Waals surface area contributed by atoms with Gasteiger partial charge in [-0.15, -0.1) is 0 Å². The number of allylic oxidation sites excluding steroid dienone is 1. The van der Waals surface area contributed by atoms with Gasteiger partial charge in [0.25, 0.3) is 0 Å². The summed E-state index contributed by atoms with van der Waals surface area (Å²) in [5, 5.41) is 0.238. The molecule has 3 rings (SSSR count). The standard InChI is InChI=1S/C22H39NO3Si/c1-16(2)18-14-25-21(6)15-22(19(24)23(18)21)11-9-17(13-22)10-12-26-27(7,8)20(3,4)5/h9,16,18H,10-15H2,1-8H3/t18-,21+,22+/m0/s1. The number of ether oxygens (including phenoxy) is 1. The Bertz CT molecular complexity index is 636. The predicted molar refractivity (Wildman–Crippen MR) is 112 cm³/mol. The minimum atomic E-state index is -1.71. The summed E-state index contributed by atoms with van der Waals surface area (Å²) in [5.74, 6) is 0.746. The molecule has 2 aliphatic heterocycles. The monoisotopic (exact) mass is 393 g/mol. The molecule has 0 aromatic heterocycles. The van der Waals surface area contributed by atoms with Gasteiger partial charge in [-0.3, -0.25) is 4.79 Å². The van der Waals surface area contributed by atoms with Gasteiger partial charge in [0.05, 0.1) is 18.1 Å². The first-order valence-electron chi connectivity index (χ1n) is 10.6. The number of nitrogens with zero attached hydrogens (tertiary/aromatic N) is 1. The molecule has 1 spiro atoms. The van der Waals surface area contributed by atoms with Gasteiger partial charge in [0.2, 0.25) is 5.91 Å². The number of amides is 1. The summed E-state index contributed by atoms with van der Waals surface area (Å²) in [6, 6.07) is 0.216. The van der Waals surface area contributed by atoms with E-state index in [-0.39, 0.29) is 16.5 Å². The first-order valence-corrected chi connectivity index (χ1v) is 13.5. The summed E-state index contributed by atoms with van der Waals surface area (Å²) in [6.45, 7) is 19.4. The van der Waals surface area contributed by atoms with Crippen LogP contribution in [0.2, 0.25) is 18.1 Å². The Morgan fingerprint density at radius 1 is 1.37 bits per heavy atom. The van der Waals surface area contributed by atoms with E-state index in [1.807, 2.05) is 0 Å². The van der Waals surface area contributed by atoms with Gasteiger partial charge in [0.1, 0.15) is 5.72 Å². The van der Waals surface area contributed by atoms with Gasteiger partial charge < -0.3 is 14.1 Å². The molecule has 1 aliphatic carbocycles. The summed E-state index contributed by atoms with van der Waals surface area (Å²) in [5.41, 5.74) is 0.717. The largest absolute Gasteiger partial charge is 0.417 e. The van der Waals surface area contributed by atoms with Crippen molar-refractivity contribution in [2.45, 2.75) is 97.1 Å². The smallest absolute Gasteiger partial charge is 0.232 e. The van der Waals surface area contributed by atoms with Gasteiger partial charge in [0, 0.05) is 13.0 Å². The van der Waals surface area contributed by atoms with Crippen LogP contribution in [0.1, 0.15) is 67.2 Å². The van der Waals surface area contributed by atoms with E-state index in [4.69, 9.17) is 9.16 Å². The van der Waals surface area contributed by atoms with Crippen LogP contribution in [-0.4, -0.2) is 44.1 Å². The highest BCUT2D eigenvalue weighted by molar-refractivity contribution is 6.74. The maximum Gasteiger partial charge on any atom is 0.232 e. The summed E-state index contributed by atoms with van der Waals surface area (Å²) in [7, 11) is -1.71. The lowest BCUT2D eigenvalue weighted by atomic mass is 9.80. The molecule has 3 aliphatic rings. The maximum absolute atomic E-state index is 13.4. The van der Waals surface area contributed by atoms with Crippen LogP contribution in [0.4, 0.5) is 0 Å². The zero-order valence-electron chi connectivity index (χ0n) is 18.6. The first kappa shape index (κ1) is 21.1. The van der Waals surface area contributed by atoms with Crippen LogP contribution in [0.25, 0.3) is 0 Å². The van der Waals surface area contributed by atoms with E-state index in [0.29, 0.717) is 18.4 Å². The first-order chi connectivity index (χ1) is 12.3. The molecule has 0 unspecified atom stereocenters. The van der Waals surface area contributed by atoms with Crippen LogP contribution in [0.5, 0.6) is 0 Å². The average molecular weight is 394 g/mol. The second-order valence-corrected chi connectivity index (χ2v) is 15.8. The van der Waals surface area contributed by atoms with Gasteiger partial charge in [-0.1, -0.05) is 46.3 Å². The molecule has 2 fully saturated rings. The maximum atomic E-state index is 13.4. The Labute approximate surface area is 166 Å². The van der Waals surface area contributed by atoms with Crippen molar-refractivity contribution in [3.63, 3.8) is 0 Å². The molecular formula is C22H39NO3Si. The molecule has 27 heavy (non-hydrogen) atoms. The molecule has 5 heteroatoms. The van der Waals surface area contributed by atoms with Crippen LogP contribution in [0.15, 0.2) is 11.6 Å². The number of rotatable bonds is 5. The van der Waals surface area contributed by atoms with Gasteiger partial charge in [0.15, 0.2) is 8.32 Å². The van der Waals surface area contributed by atoms with Crippen molar-refractivity contribution in [1.82, 2.24) is 4.90 Å². The number of carbonyl (C=O) groups excluding carboxylic acids is 1. The van der Waals surface area contributed by atoms with Crippen LogP contribution >= 0.6 is 0 Å². The van der Waals surface area contributed by atoms with Gasteiger partial charge in [-0.2, -0.15) is 0 Å². The lowest BCUT2D eigenvalue weighted by Crippen LogP contribution is -2.46. The SMILES string of the molecule is CC(C)[C@@H]1CO[C@]2(C)C[C@]3(CC=C(CCO[Si](C)(C)C(C)(C)C)C3)C(=O)N12. The van der Waals surface area contributed by atoms with E-state index < -0.39 is 14.0 Å². The van der Waals surface area contributed by atoms with E-state index in [9.17, 15) is 4.79 Å². The minimum absolute atomic E-state index is 0.216. The molecule has 154 valence electrons. The molecule has 4 nitrogen and oxygen atoms in total. The van der Waals surface area contributed by atoms with E-state index in [2.05, 4.69) is 65.6 Å². The Morgan fingerprint density at radius 3 is 2.63 bits per heavy atom. The van der Waals surface area contributed by atoms with Crippen molar-refractivity contribution >= 4 is 14.2 Å². The highest BCUT2D eigenvalue weighted by Gasteiger charge is 2.63. The zero-order valence-corrected chi connectivity index (χ0v) is 19.6.